The van der Waals surface area contributed by atoms with Crippen LogP contribution in [0.2, 0.25) is 0 Å². The first-order valence-corrected chi connectivity index (χ1v) is 9.70. The third-order valence-corrected chi connectivity index (χ3v) is 4.36. The van der Waals surface area contributed by atoms with Gasteiger partial charge in [-0.1, -0.05) is 77.2 Å². The fraction of sp³-hybridized carbons (Fsp3) is 0.667. The van der Waals surface area contributed by atoms with Gasteiger partial charge in [-0.25, -0.2) is 0 Å². The molecule has 0 unspecified atom stereocenters. The zero-order valence-electron chi connectivity index (χ0n) is 15.6. The second kappa shape index (κ2) is 13.9. The summed E-state index contributed by atoms with van der Waals surface area (Å²) in [6, 6.07) is 7.50. The van der Waals surface area contributed by atoms with Crippen LogP contribution in [0, 0.1) is 0 Å². The van der Waals surface area contributed by atoms with Crippen molar-refractivity contribution >= 4 is 11.6 Å². The number of anilines is 1. The van der Waals surface area contributed by atoms with Gasteiger partial charge in [0.05, 0.1) is 7.11 Å². The van der Waals surface area contributed by atoms with E-state index in [0.29, 0.717) is 6.42 Å². The van der Waals surface area contributed by atoms with Crippen LogP contribution < -0.4 is 10.1 Å². The first-order chi connectivity index (χ1) is 11.8. The van der Waals surface area contributed by atoms with Crippen LogP contribution in [0.5, 0.6) is 5.75 Å². The normalized spacial score (nSPS) is 10.6. The number of ether oxygens (including phenoxy) is 1. The molecule has 0 aliphatic heterocycles. The van der Waals surface area contributed by atoms with Gasteiger partial charge in [0.1, 0.15) is 5.75 Å². The predicted octanol–water partition coefficient (Wildman–Crippen LogP) is 6.33. The Balaban J connectivity index is 1.96. The van der Waals surface area contributed by atoms with E-state index in [-0.39, 0.29) is 5.91 Å². The summed E-state index contributed by atoms with van der Waals surface area (Å²) in [5.41, 5.74) is 0.808. The highest BCUT2D eigenvalue weighted by atomic mass is 16.5. The van der Waals surface area contributed by atoms with Crippen molar-refractivity contribution in [2.75, 3.05) is 12.4 Å². The van der Waals surface area contributed by atoms with Crippen LogP contribution in [0.25, 0.3) is 0 Å². The van der Waals surface area contributed by atoms with E-state index in [1.165, 1.54) is 57.8 Å². The maximum Gasteiger partial charge on any atom is 0.224 e. The van der Waals surface area contributed by atoms with Gasteiger partial charge in [-0.2, -0.15) is 0 Å². The van der Waals surface area contributed by atoms with Crippen LogP contribution in [-0.2, 0) is 4.79 Å². The van der Waals surface area contributed by atoms with Gasteiger partial charge in [-0.3, -0.25) is 4.79 Å². The Morgan fingerprint density at radius 1 is 0.917 bits per heavy atom. The lowest BCUT2D eigenvalue weighted by molar-refractivity contribution is -0.116. The second-order valence-electron chi connectivity index (χ2n) is 6.57. The lowest BCUT2D eigenvalue weighted by Crippen LogP contribution is -2.11. The van der Waals surface area contributed by atoms with Crippen molar-refractivity contribution in [1.82, 2.24) is 0 Å². The molecule has 0 aliphatic rings. The van der Waals surface area contributed by atoms with E-state index >= 15 is 0 Å². The number of hydrogen-bond acceptors (Lipinski definition) is 2. The number of carbonyl (C=O) groups is 1. The molecular weight excluding hydrogens is 298 g/mol. The molecule has 0 aliphatic carbocycles. The second-order valence-corrected chi connectivity index (χ2v) is 6.57. The molecule has 136 valence electrons. The summed E-state index contributed by atoms with van der Waals surface area (Å²) < 4.78 is 5.16. The fourth-order valence-electron chi connectivity index (χ4n) is 2.87. The van der Waals surface area contributed by atoms with Crippen molar-refractivity contribution in [2.45, 2.75) is 84.0 Å². The Morgan fingerprint density at radius 2 is 1.50 bits per heavy atom. The van der Waals surface area contributed by atoms with E-state index in [4.69, 9.17) is 4.74 Å². The summed E-state index contributed by atoms with van der Waals surface area (Å²) in [6.45, 7) is 2.26. The van der Waals surface area contributed by atoms with E-state index in [2.05, 4.69) is 12.2 Å². The van der Waals surface area contributed by atoms with E-state index < -0.39 is 0 Å². The number of unbranched alkanes of at least 4 members (excludes halogenated alkanes) is 10. The molecule has 0 radical (unpaired) electrons. The quantitative estimate of drug-likeness (QED) is 0.404. The van der Waals surface area contributed by atoms with Crippen molar-refractivity contribution in [3.63, 3.8) is 0 Å². The highest BCUT2D eigenvalue weighted by Crippen LogP contribution is 2.17. The average Bonchev–Trinajstić information content (AvgIpc) is 2.60. The minimum absolute atomic E-state index is 0.0965. The highest BCUT2D eigenvalue weighted by Gasteiger charge is 2.03. The van der Waals surface area contributed by atoms with Crippen LogP contribution in [0.3, 0.4) is 0 Å². The van der Waals surface area contributed by atoms with Crippen molar-refractivity contribution in [1.29, 1.82) is 0 Å². The minimum atomic E-state index is 0.0965. The molecule has 1 aromatic carbocycles. The Bertz CT molecular complexity index is 445. The molecule has 0 spiro atoms. The Kier molecular flexibility index (Phi) is 11.9. The number of amides is 1. The largest absolute Gasteiger partial charge is 0.497 e. The van der Waals surface area contributed by atoms with Crippen molar-refractivity contribution in [3.05, 3.63) is 24.3 Å². The lowest BCUT2D eigenvalue weighted by Gasteiger charge is -2.07. The van der Waals surface area contributed by atoms with Gasteiger partial charge in [-0.15, -0.1) is 0 Å². The maximum absolute atomic E-state index is 11.9. The molecule has 0 aromatic heterocycles. The van der Waals surface area contributed by atoms with Gasteiger partial charge in [0, 0.05) is 18.2 Å². The number of rotatable bonds is 14. The Labute approximate surface area is 148 Å². The maximum atomic E-state index is 11.9. The van der Waals surface area contributed by atoms with Gasteiger partial charge in [0.25, 0.3) is 0 Å². The molecule has 0 saturated carbocycles. The number of methoxy groups -OCH3 is 1. The average molecular weight is 334 g/mol. The fourth-order valence-corrected chi connectivity index (χ4v) is 2.87. The molecule has 3 nitrogen and oxygen atoms in total. The molecule has 1 aromatic rings. The monoisotopic (exact) mass is 333 g/mol. The summed E-state index contributed by atoms with van der Waals surface area (Å²) in [5, 5.41) is 2.93. The first kappa shape index (κ1) is 20.5. The Morgan fingerprint density at radius 3 is 2.08 bits per heavy atom. The first-order valence-electron chi connectivity index (χ1n) is 9.70. The molecule has 1 rings (SSSR count). The third kappa shape index (κ3) is 10.3. The van der Waals surface area contributed by atoms with Crippen molar-refractivity contribution in [2.24, 2.45) is 0 Å². The van der Waals surface area contributed by atoms with Crippen LogP contribution in [0.15, 0.2) is 24.3 Å². The lowest BCUT2D eigenvalue weighted by atomic mass is 10.1. The molecule has 0 atom stereocenters. The molecule has 0 heterocycles. The molecule has 3 heteroatoms. The van der Waals surface area contributed by atoms with Crippen LogP contribution in [0.1, 0.15) is 84.0 Å². The van der Waals surface area contributed by atoms with Gasteiger partial charge in [0.15, 0.2) is 0 Å². The zero-order chi connectivity index (χ0) is 17.5. The van der Waals surface area contributed by atoms with Crippen LogP contribution in [0.4, 0.5) is 5.69 Å². The van der Waals surface area contributed by atoms with Crippen molar-refractivity contribution < 1.29 is 9.53 Å². The predicted molar refractivity (Wildman–Crippen MR) is 103 cm³/mol. The molecule has 1 N–H and O–H groups in total. The summed E-state index contributed by atoms with van der Waals surface area (Å²) >= 11 is 0. The topological polar surface area (TPSA) is 38.3 Å². The number of nitrogens with one attached hydrogen (secondary N) is 1. The van der Waals surface area contributed by atoms with Gasteiger partial charge in [-0.05, 0) is 18.6 Å². The minimum Gasteiger partial charge on any atom is -0.497 e. The zero-order valence-corrected chi connectivity index (χ0v) is 15.6. The summed E-state index contributed by atoms with van der Waals surface area (Å²) in [7, 11) is 1.63. The van der Waals surface area contributed by atoms with E-state index in [1.54, 1.807) is 7.11 Å². The highest BCUT2D eigenvalue weighted by molar-refractivity contribution is 5.90. The summed E-state index contributed by atoms with van der Waals surface area (Å²) in [4.78, 5) is 11.9. The molecule has 0 saturated heterocycles. The molecular formula is C21H35NO2. The molecule has 1 amide bonds. The van der Waals surface area contributed by atoms with E-state index in [0.717, 1.165) is 24.3 Å². The number of carbonyl (C=O) groups excluding carboxylic acids is 1. The molecule has 0 bridgehead atoms. The third-order valence-electron chi connectivity index (χ3n) is 4.36. The van der Waals surface area contributed by atoms with Crippen LogP contribution >= 0.6 is 0 Å². The van der Waals surface area contributed by atoms with E-state index in [9.17, 15) is 4.79 Å². The van der Waals surface area contributed by atoms with Gasteiger partial charge < -0.3 is 10.1 Å². The molecule has 24 heavy (non-hydrogen) atoms. The standard InChI is InChI=1S/C21H35NO2/c1-3-4-5-6-7-8-9-10-11-12-13-17-21(23)22-19-15-14-16-20(18-19)24-2/h14-16,18H,3-13,17H2,1-2H3,(H,22,23). The van der Waals surface area contributed by atoms with Gasteiger partial charge in [0.2, 0.25) is 5.91 Å². The molecule has 0 fully saturated rings. The smallest absolute Gasteiger partial charge is 0.224 e. The number of hydrogen-bond donors (Lipinski definition) is 1. The number of benzene rings is 1. The van der Waals surface area contributed by atoms with Crippen molar-refractivity contribution in [3.8, 4) is 5.75 Å². The van der Waals surface area contributed by atoms with E-state index in [1.807, 2.05) is 24.3 Å². The van der Waals surface area contributed by atoms with Crippen LogP contribution in [-0.4, -0.2) is 13.0 Å². The summed E-state index contributed by atoms with van der Waals surface area (Å²) in [6.07, 6.45) is 14.9. The Hall–Kier alpha value is -1.51. The SMILES string of the molecule is CCCCCCCCCCCCCC(=O)Nc1cccc(OC)c1. The van der Waals surface area contributed by atoms with Gasteiger partial charge >= 0.3 is 0 Å². The summed E-state index contributed by atoms with van der Waals surface area (Å²) in [5.74, 6) is 0.863.